The molecule has 4 heteroatoms. The van der Waals surface area contributed by atoms with Crippen LogP contribution in [0.25, 0.3) is 0 Å². The minimum absolute atomic E-state index is 0.272. The van der Waals surface area contributed by atoms with Gasteiger partial charge in [0.05, 0.1) is 6.07 Å². The van der Waals surface area contributed by atoms with Crippen molar-refractivity contribution in [3.05, 3.63) is 35.6 Å². The van der Waals surface area contributed by atoms with E-state index in [2.05, 4.69) is 5.32 Å². The molecule has 1 aromatic carbocycles. The number of halogens is 1. The molecule has 1 N–H and O–H groups in total. The Morgan fingerprint density at radius 1 is 1.50 bits per heavy atom. The fourth-order valence-corrected chi connectivity index (χ4v) is 1.19. The largest absolute Gasteiger partial charge is 0.355 e. The molecule has 0 fully saturated rings. The van der Waals surface area contributed by atoms with E-state index in [0.717, 1.165) is 5.56 Å². The van der Waals surface area contributed by atoms with Gasteiger partial charge in [0.1, 0.15) is 11.7 Å². The lowest BCUT2D eigenvalue weighted by atomic mass is 10.1. The van der Waals surface area contributed by atoms with E-state index in [9.17, 15) is 9.18 Å². The smallest absolute Gasteiger partial charge is 0.237 e. The molecule has 1 unspecified atom stereocenters. The van der Waals surface area contributed by atoms with Crippen LogP contribution in [-0.2, 0) is 11.2 Å². The topological polar surface area (TPSA) is 52.9 Å². The van der Waals surface area contributed by atoms with Crippen molar-refractivity contribution in [1.82, 2.24) is 5.32 Å². The molecular weight excluding hydrogens is 207 g/mol. The summed E-state index contributed by atoms with van der Waals surface area (Å²) in [4.78, 5) is 11.2. The maximum Gasteiger partial charge on any atom is 0.237 e. The predicted molar refractivity (Wildman–Crippen MR) is 57.9 cm³/mol. The molecule has 0 spiro atoms. The first kappa shape index (κ1) is 12.2. The first-order chi connectivity index (χ1) is 7.63. The first-order valence-corrected chi connectivity index (χ1v) is 5.05. The van der Waals surface area contributed by atoms with E-state index in [4.69, 9.17) is 5.26 Å². The molecule has 0 saturated carbocycles. The molecule has 0 bridgehead atoms. The standard InChI is InChI=1S/C12H13FN2O/c1-9(8-14)12(16)15-7-6-10-2-4-11(13)5-3-10/h2-5,9H,6-7H2,1H3,(H,15,16). The van der Waals surface area contributed by atoms with Crippen molar-refractivity contribution in [2.24, 2.45) is 5.92 Å². The molecular formula is C12H13FN2O. The summed E-state index contributed by atoms with van der Waals surface area (Å²) >= 11 is 0. The quantitative estimate of drug-likeness (QED) is 0.838. The van der Waals surface area contributed by atoms with Crippen LogP contribution >= 0.6 is 0 Å². The lowest BCUT2D eigenvalue weighted by Gasteiger charge is -2.06. The van der Waals surface area contributed by atoms with Gasteiger partial charge in [-0.3, -0.25) is 4.79 Å². The van der Waals surface area contributed by atoms with Crippen LogP contribution < -0.4 is 5.32 Å². The number of nitrogens with one attached hydrogen (secondary N) is 1. The second-order valence-electron chi connectivity index (χ2n) is 3.52. The van der Waals surface area contributed by atoms with Crippen molar-refractivity contribution < 1.29 is 9.18 Å². The average molecular weight is 220 g/mol. The summed E-state index contributed by atoms with van der Waals surface area (Å²) in [6.45, 7) is 2.00. The van der Waals surface area contributed by atoms with Crippen LogP contribution in [0.5, 0.6) is 0 Å². The van der Waals surface area contributed by atoms with Crippen LogP contribution in [0, 0.1) is 23.1 Å². The minimum atomic E-state index is -0.631. The van der Waals surface area contributed by atoms with Gasteiger partial charge in [-0.25, -0.2) is 4.39 Å². The van der Waals surface area contributed by atoms with Gasteiger partial charge in [-0.15, -0.1) is 0 Å². The van der Waals surface area contributed by atoms with Crippen LogP contribution in [0.2, 0.25) is 0 Å². The van der Waals surface area contributed by atoms with E-state index < -0.39 is 5.92 Å². The summed E-state index contributed by atoms with van der Waals surface area (Å²) in [7, 11) is 0. The zero-order valence-corrected chi connectivity index (χ0v) is 9.03. The predicted octanol–water partition coefficient (Wildman–Crippen LogP) is 1.64. The Bertz CT molecular complexity index is 394. The molecule has 1 amide bonds. The van der Waals surface area contributed by atoms with Gasteiger partial charge in [-0.05, 0) is 31.0 Å². The Morgan fingerprint density at radius 2 is 2.12 bits per heavy atom. The molecule has 1 rings (SSSR count). The van der Waals surface area contributed by atoms with Gasteiger partial charge >= 0.3 is 0 Å². The number of nitriles is 1. The van der Waals surface area contributed by atoms with Gasteiger partial charge in [0.2, 0.25) is 5.91 Å². The summed E-state index contributed by atoms with van der Waals surface area (Å²) in [5, 5.41) is 11.1. The highest BCUT2D eigenvalue weighted by molar-refractivity contribution is 5.80. The third-order valence-electron chi connectivity index (χ3n) is 2.21. The van der Waals surface area contributed by atoms with Gasteiger partial charge in [-0.2, -0.15) is 5.26 Å². The number of hydrogen-bond acceptors (Lipinski definition) is 2. The van der Waals surface area contributed by atoms with E-state index >= 15 is 0 Å². The highest BCUT2D eigenvalue weighted by Gasteiger charge is 2.09. The molecule has 0 saturated heterocycles. The van der Waals surface area contributed by atoms with Crippen LogP contribution in [0.3, 0.4) is 0 Å². The summed E-state index contributed by atoms with van der Waals surface area (Å²) in [5.74, 6) is -1.18. The molecule has 84 valence electrons. The van der Waals surface area contributed by atoms with Crippen LogP contribution in [0.1, 0.15) is 12.5 Å². The van der Waals surface area contributed by atoms with Crippen molar-refractivity contribution in [3.63, 3.8) is 0 Å². The number of benzene rings is 1. The SMILES string of the molecule is CC(C#N)C(=O)NCCc1ccc(F)cc1. The molecule has 0 heterocycles. The fraction of sp³-hybridized carbons (Fsp3) is 0.333. The second-order valence-corrected chi connectivity index (χ2v) is 3.52. The maximum absolute atomic E-state index is 12.6. The Morgan fingerprint density at radius 3 is 2.69 bits per heavy atom. The van der Waals surface area contributed by atoms with Gasteiger partial charge in [0.25, 0.3) is 0 Å². The van der Waals surface area contributed by atoms with Crippen LogP contribution in [0.15, 0.2) is 24.3 Å². The molecule has 3 nitrogen and oxygen atoms in total. The van der Waals surface area contributed by atoms with Gasteiger partial charge in [0, 0.05) is 6.54 Å². The molecule has 1 aromatic rings. The van der Waals surface area contributed by atoms with Crippen molar-refractivity contribution in [3.8, 4) is 6.07 Å². The molecule has 1 atom stereocenters. The Hall–Kier alpha value is -1.89. The molecule has 16 heavy (non-hydrogen) atoms. The Kier molecular flexibility index (Phi) is 4.46. The van der Waals surface area contributed by atoms with E-state index in [1.54, 1.807) is 19.1 Å². The second kappa shape index (κ2) is 5.86. The highest BCUT2D eigenvalue weighted by atomic mass is 19.1. The van der Waals surface area contributed by atoms with Gasteiger partial charge < -0.3 is 5.32 Å². The van der Waals surface area contributed by atoms with E-state index in [1.807, 2.05) is 6.07 Å². The third kappa shape index (κ3) is 3.70. The lowest BCUT2D eigenvalue weighted by molar-refractivity contribution is -0.122. The van der Waals surface area contributed by atoms with Crippen molar-refractivity contribution in [2.75, 3.05) is 6.54 Å². The summed E-state index contributed by atoms with van der Waals surface area (Å²) in [6, 6.07) is 7.98. The lowest BCUT2D eigenvalue weighted by Crippen LogP contribution is -2.30. The number of carbonyl (C=O) groups excluding carboxylic acids is 1. The Labute approximate surface area is 93.9 Å². The fourth-order valence-electron chi connectivity index (χ4n) is 1.19. The van der Waals surface area contributed by atoms with E-state index in [0.29, 0.717) is 13.0 Å². The van der Waals surface area contributed by atoms with Gasteiger partial charge in [-0.1, -0.05) is 12.1 Å². The number of rotatable bonds is 4. The van der Waals surface area contributed by atoms with E-state index in [1.165, 1.54) is 12.1 Å². The molecule has 0 aliphatic rings. The number of hydrogen-bond donors (Lipinski definition) is 1. The van der Waals surface area contributed by atoms with Crippen LogP contribution in [0.4, 0.5) is 4.39 Å². The minimum Gasteiger partial charge on any atom is -0.355 e. The van der Waals surface area contributed by atoms with Crippen molar-refractivity contribution in [2.45, 2.75) is 13.3 Å². The summed E-state index contributed by atoms with van der Waals surface area (Å²) < 4.78 is 12.6. The number of nitrogens with zero attached hydrogens (tertiary/aromatic N) is 1. The first-order valence-electron chi connectivity index (χ1n) is 5.05. The molecule has 0 aromatic heterocycles. The number of amides is 1. The zero-order chi connectivity index (χ0) is 12.0. The number of carbonyl (C=O) groups is 1. The maximum atomic E-state index is 12.6. The average Bonchev–Trinajstić information content (AvgIpc) is 2.30. The van der Waals surface area contributed by atoms with Crippen LogP contribution in [-0.4, -0.2) is 12.5 Å². The normalized spacial score (nSPS) is 11.6. The Balaban J connectivity index is 2.34. The zero-order valence-electron chi connectivity index (χ0n) is 9.03. The molecule has 0 radical (unpaired) electrons. The van der Waals surface area contributed by atoms with Crippen molar-refractivity contribution in [1.29, 1.82) is 5.26 Å². The summed E-state index contributed by atoms with van der Waals surface area (Å²) in [5.41, 5.74) is 0.950. The van der Waals surface area contributed by atoms with Crippen molar-refractivity contribution >= 4 is 5.91 Å². The van der Waals surface area contributed by atoms with E-state index in [-0.39, 0.29) is 11.7 Å². The van der Waals surface area contributed by atoms with Gasteiger partial charge in [0.15, 0.2) is 0 Å². The summed E-state index contributed by atoms with van der Waals surface area (Å²) in [6.07, 6.45) is 0.629. The molecule has 0 aliphatic heterocycles. The monoisotopic (exact) mass is 220 g/mol. The third-order valence-corrected chi connectivity index (χ3v) is 2.21. The molecule has 0 aliphatic carbocycles. The highest BCUT2D eigenvalue weighted by Crippen LogP contribution is 2.02.